The topological polar surface area (TPSA) is 92.5 Å². The molecule has 6 rings (SSSR count). The van der Waals surface area contributed by atoms with Gasteiger partial charge in [0.05, 0.1) is 44.4 Å². The van der Waals surface area contributed by atoms with Crippen LogP contribution in [0.1, 0.15) is 122 Å². The fourth-order valence-electron chi connectivity index (χ4n) is 7.15. The fourth-order valence-corrected chi connectivity index (χ4v) is 9.69. The van der Waals surface area contributed by atoms with E-state index in [-0.39, 0.29) is 29.9 Å². The van der Waals surface area contributed by atoms with E-state index in [4.69, 9.17) is 25.5 Å². The summed E-state index contributed by atoms with van der Waals surface area (Å²) in [6.45, 7) is 14.4. The van der Waals surface area contributed by atoms with Gasteiger partial charge >= 0.3 is 17.9 Å². The van der Waals surface area contributed by atoms with Gasteiger partial charge in [-0.3, -0.25) is 4.79 Å². The number of rotatable bonds is 11. The first kappa shape index (κ1) is 38.7. The lowest BCUT2D eigenvalue weighted by atomic mass is 9.79. The number of esters is 3. The van der Waals surface area contributed by atoms with Gasteiger partial charge < -0.3 is 18.9 Å². The Bertz CT molecular complexity index is 1760. The zero-order chi connectivity index (χ0) is 37.5. The van der Waals surface area contributed by atoms with E-state index in [1.165, 1.54) is 36.8 Å². The van der Waals surface area contributed by atoms with Crippen LogP contribution in [-0.2, 0) is 14.3 Å². The van der Waals surface area contributed by atoms with Crippen LogP contribution in [0.15, 0.2) is 80.4 Å². The fraction of sp³-hybridized carbons (Fsp3) is 0.442. The van der Waals surface area contributed by atoms with Crippen LogP contribution in [-0.4, -0.2) is 37.7 Å². The molecule has 278 valence electrons. The Morgan fingerprint density at radius 2 is 1.15 bits per heavy atom. The van der Waals surface area contributed by atoms with Gasteiger partial charge in [0.2, 0.25) is 0 Å². The number of hydrogen-bond donors (Lipinski definition) is 0. The van der Waals surface area contributed by atoms with Crippen molar-refractivity contribution in [2.75, 3.05) is 13.7 Å². The molecule has 0 saturated heterocycles. The van der Waals surface area contributed by atoms with E-state index in [1.807, 2.05) is 31.2 Å². The van der Waals surface area contributed by atoms with E-state index in [0.29, 0.717) is 43.4 Å². The van der Waals surface area contributed by atoms with Gasteiger partial charge in [-0.15, -0.1) is 0 Å². The molecule has 3 aromatic carbocycles. The van der Waals surface area contributed by atoms with Crippen LogP contribution in [0, 0.1) is 18.4 Å². The normalized spacial score (nSPS) is 21.5. The molecule has 0 spiro atoms. The zero-order valence-electron chi connectivity index (χ0n) is 30.9. The van der Waals surface area contributed by atoms with Crippen molar-refractivity contribution in [2.45, 2.75) is 106 Å². The van der Waals surface area contributed by atoms with E-state index >= 15 is 0 Å². The molecule has 1 atom stereocenters. The lowest BCUT2D eigenvalue weighted by Gasteiger charge is -2.26. The molecule has 2 aliphatic carbocycles. The lowest BCUT2D eigenvalue weighted by Crippen LogP contribution is -2.13. The molecule has 0 amide bonds. The van der Waals surface area contributed by atoms with E-state index in [9.17, 15) is 14.4 Å². The Morgan fingerprint density at radius 3 is 1.55 bits per heavy atom. The minimum absolute atomic E-state index is 0.0888. The molecule has 8 nitrogen and oxygen atoms in total. The first-order chi connectivity index (χ1) is 25.6. The average molecular weight is 754 g/mol. The largest absolute Gasteiger partial charge is 0.470 e. The molecule has 1 unspecified atom stereocenters. The summed E-state index contributed by atoms with van der Waals surface area (Å²) in [7, 11) is 1.58. The molecule has 2 fully saturated rings. The zero-order valence-corrected chi connectivity index (χ0v) is 32.5. The molecule has 1 heterocycles. The van der Waals surface area contributed by atoms with Gasteiger partial charge in [0.25, 0.3) is 5.70 Å². The second-order valence-corrected chi connectivity index (χ2v) is 16.9. The molecule has 10 heteroatoms. The second-order valence-electron chi connectivity index (χ2n) is 14.6. The van der Waals surface area contributed by atoms with Crippen molar-refractivity contribution in [3.05, 3.63) is 104 Å². The third kappa shape index (κ3) is 9.56. The smallest absolute Gasteiger partial charge is 0.343 e. The number of hydrogen-bond acceptors (Lipinski definition) is 9. The van der Waals surface area contributed by atoms with Crippen LogP contribution in [0.5, 0.6) is 11.5 Å². The summed E-state index contributed by atoms with van der Waals surface area (Å²) in [4.78, 5) is 44.4. The van der Waals surface area contributed by atoms with Crippen LogP contribution in [0.4, 0.5) is 0 Å². The highest BCUT2D eigenvalue weighted by Crippen LogP contribution is 2.59. The Kier molecular flexibility index (Phi) is 13.0. The number of ether oxygens (including phenoxy) is 4. The van der Waals surface area contributed by atoms with E-state index in [2.05, 4.69) is 18.7 Å². The van der Waals surface area contributed by atoms with Crippen LogP contribution < -0.4 is 9.47 Å². The maximum absolute atomic E-state index is 13.5. The van der Waals surface area contributed by atoms with E-state index < -0.39 is 17.9 Å². The average Bonchev–Trinajstić information content (AvgIpc) is 3.62. The Hall–Kier alpha value is -4.04. The summed E-state index contributed by atoms with van der Waals surface area (Å²) >= 11 is 2.23. The molecule has 3 aliphatic rings. The maximum atomic E-state index is 13.5. The summed E-state index contributed by atoms with van der Waals surface area (Å²) < 4.78 is 22.9. The quantitative estimate of drug-likeness (QED) is 0.0821. The minimum Gasteiger partial charge on any atom is -0.470 e. The van der Waals surface area contributed by atoms with Crippen molar-refractivity contribution >= 4 is 41.4 Å². The summed E-state index contributed by atoms with van der Waals surface area (Å²) in [5.41, 5.74) is 3.09. The molecule has 0 bridgehead atoms. The molecular weight excluding hydrogens is 707 g/mol. The Balaban J connectivity index is 1.22. The number of nitrogens with zero attached hydrogens (tertiary/aromatic N) is 1. The number of carbonyl (C=O) groups is 3. The number of thioether (sulfide) groups is 2. The monoisotopic (exact) mass is 753 g/mol. The highest BCUT2D eigenvalue weighted by molar-refractivity contribution is 8.24. The van der Waals surface area contributed by atoms with Crippen molar-refractivity contribution in [3.63, 3.8) is 0 Å². The Labute approximate surface area is 321 Å². The van der Waals surface area contributed by atoms with Gasteiger partial charge in [0.1, 0.15) is 11.5 Å². The van der Waals surface area contributed by atoms with Crippen molar-refractivity contribution in [3.8, 4) is 11.5 Å². The predicted octanol–water partition coefficient (Wildman–Crippen LogP) is 11.0. The molecule has 0 N–H and O–H groups in total. The van der Waals surface area contributed by atoms with Crippen molar-refractivity contribution < 1.29 is 33.3 Å². The number of carbonyl (C=O) groups excluding carboxylic acids is 3. The maximum Gasteiger partial charge on any atom is 0.343 e. The molecule has 53 heavy (non-hydrogen) atoms. The highest BCUT2D eigenvalue weighted by atomic mass is 32.2. The number of benzene rings is 3. The summed E-state index contributed by atoms with van der Waals surface area (Å²) in [6, 6.07) is 18.4. The SMILES string of the molecule is [C-]#[N+]C(C(=O)OCCC(C)OC)=C1Sc2c(OC(=O)c3ccc(C4CCC(C)CC4)cc3)ccc(OC(=O)c3ccc(C4CCC(C)CC4)cc3)c2S1. The minimum atomic E-state index is -0.761. The van der Waals surface area contributed by atoms with E-state index in [1.54, 1.807) is 43.5 Å². The van der Waals surface area contributed by atoms with Crippen molar-refractivity contribution in [1.29, 1.82) is 0 Å². The van der Waals surface area contributed by atoms with Crippen LogP contribution in [0.2, 0.25) is 0 Å². The summed E-state index contributed by atoms with van der Waals surface area (Å²) in [5, 5.41) is 0. The van der Waals surface area contributed by atoms with Crippen LogP contribution in [0.3, 0.4) is 0 Å². The van der Waals surface area contributed by atoms with Gasteiger partial charge in [-0.05, 0) is 104 Å². The predicted molar refractivity (Wildman–Crippen MR) is 207 cm³/mol. The first-order valence-electron chi connectivity index (χ1n) is 18.6. The summed E-state index contributed by atoms with van der Waals surface area (Å²) in [5.74, 6) is 1.15. The third-order valence-corrected chi connectivity index (χ3v) is 13.4. The van der Waals surface area contributed by atoms with Gasteiger partial charge in [-0.25, -0.2) is 14.4 Å². The number of methoxy groups -OCH3 is 1. The molecule has 3 aromatic rings. The molecule has 0 aromatic heterocycles. The molecule has 1 aliphatic heterocycles. The van der Waals surface area contributed by atoms with Crippen molar-refractivity contribution in [2.24, 2.45) is 11.8 Å². The van der Waals surface area contributed by atoms with Gasteiger partial charge in [0.15, 0.2) is 0 Å². The van der Waals surface area contributed by atoms with Crippen molar-refractivity contribution in [1.82, 2.24) is 0 Å². The van der Waals surface area contributed by atoms with Crippen LogP contribution in [0.25, 0.3) is 4.85 Å². The lowest BCUT2D eigenvalue weighted by molar-refractivity contribution is -0.139. The summed E-state index contributed by atoms with van der Waals surface area (Å²) in [6.07, 6.45) is 9.81. The van der Waals surface area contributed by atoms with Gasteiger partial charge in [0, 0.05) is 13.5 Å². The third-order valence-electron chi connectivity index (χ3n) is 10.8. The van der Waals surface area contributed by atoms with Gasteiger partial charge in [-0.2, -0.15) is 0 Å². The number of fused-ring (bicyclic) bond motifs is 1. The molecular formula is C43H47NO7S2. The standard InChI is InChI=1S/C43H47NO7S2/c1-26-6-10-29(11-7-26)31-14-18-33(19-15-31)40(45)50-35-22-23-36(51-41(46)34-20-16-32(17-21-34)30-12-8-27(2)9-13-30)39-38(35)52-43(53-39)37(44-4)42(47)49-25-24-28(3)48-5/h14-23,26-30H,6-13,24-25H2,1-3,5H3. The second kappa shape index (κ2) is 17.9. The first-order valence-corrected chi connectivity index (χ1v) is 20.2. The van der Waals surface area contributed by atoms with Crippen LogP contribution >= 0.6 is 23.5 Å². The Morgan fingerprint density at radius 1 is 0.717 bits per heavy atom. The molecule has 2 saturated carbocycles. The van der Waals surface area contributed by atoms with E-state index in [0.717, 1.165) is 61.0 Å². The molecule has 0 radical (unpaired) electrons. The highest BCUT2D eigenvalue weighted by Gasteiger charge is 2.33. The van der Waals surface area contributed by atoms with Gasteiger partial charge in [-0.1, -0.05) is 87.3 Å².